The number of rotatable bonds is 9. The van der Waals surface area contributed by atoms with Gasteiger partial charge < -0.3 is 9.47 Å². The summed E-state index contributed by atoms with van der Waals surface area (Å²) in [6.45, 7) is 4.78. The molecule has 0 aromatic heterocycles. The van der Waals surface area contributed by atoms with E-state index in [4.69, 9.17) is 9.47 Å². The Morgan fingerprint density at radius 2 is 0.833 bits per heavy atom. The van der Waals surface area contributed by atoms with Gasteiger partial charge in [-0.25, -0.2) is 9.59 Å². The van der Waals surface area contributed by atoms with Gasteiger partial charge in [0.25, 0.3) is 0 Å². The van der Waals surface area contributed by atoms with Crippen molar-refractivity contribution in [3.05, 3.63) is 108 Å². The fourth-order valence-electron chi connectivity index (χ4n) is 4.07. The van der Waals surface area contributed by atoms with Crippen LogP contribution in [0.3, 0.4) is 0 Å². The van der Waals surface area contributed by atoms with Crippen molar-refractivity contribution in [2.75, 3.05) is 13.2 Å². The van der Waals surface area contributed by atoms with Crippen LogP contribution in [0.1, 0.15) is 47.4 Å². The van der Waals surface area contributed by atoms with E-state index in [1.54, 1.807) is 0 Å². The molecule has 0 radical (unpaired) electrons. The van der Waals surface area contributed by atoms with Gasteiger partial charge in [0.15, 0.2) is 0 Å². The molecule has 0 saturated carbocycles. The van der Waals surface area contributed by atoms with Crippen LogP contribution >= 0.6 is 0 Å². The molecule has 0 atom stereocenters. The minimum Gasteiger partial charge on any atom is -0.462 e. The lowest BCUT2D eigenvalue weighted by Gasteiger charge is -2.15. The smallest absolute Gasteiger partial charge is 0.338 e. The van der Waals surface area contributed by atoms with Crippen molar-refractivity contribution < 1.29 is 19.1 Å². The number of carbonyl (C=O) groups excluding carboxylic acids is 2. The molecular weight excluding hydrogens is 448 g/mol. The molecule has 0 heterocycles. The van der Waals surface area contributed by atoms with Crippen molar-refractivity contribution in [3.8, 4) is 33.4 Å². The van der Waals surface area contributed by atoms with Crippen LogP contribution in [0.2, 0.25) is 0 Å². The van der Waals surface area contributed by atoms with Gasteiger partial charge in [-0.2, -0.15) is 0 Å². The summed E-state index contributed by atoms with van der Waals surface area (Å²) in [4.78, 5) is 24.4. The van der Waals surface area contributed by atoms with Gasteiger partial charge in [-0.3, -0.25) is 0 Å². The van der Waals surface area contributed by atoms with Crippen LogP contribution in [0.25, 0.3) is 33.4 Å². The molecule has 4 rings (SSSR count). The average molecular weight is 479 g/mol. The van der Waals surface area contributed by atoms with E-state index in [-0.39, 0.29) is 11.9 Å². The van der Waals surface area contributed by atoms with Gasteiger partial charge in [-0.15, -0.1) is 0 Å². The molecule has 36 heavy (non-hydrogen) atoms. The van der Waals surface area contributed by atoms with E-state index in [1.807, 2.05) is 86.6 Å². The quantitative estimate of drug-likeness (QED) is 0.230. The zero-order chi connectivity index (χ0) is 25.3. The predicted molar refractivity (Wildman–Crippen MR) is 144 cm³/mol. The Balaban J connectivity index is 1.67. The molecular formula is C32H30O4. The zero-order valence-electron chi connectivity index (χ0n) is 20.7. The number of hydrogen-bond acceptors (Lipinski definition) is 4. The van der Waals surface area contributed by atoms with Crippen LogP contribution in [-0.4, -0.2) is 25.2 Å². The summed E-state index contributed by atoms with van der Waals surface area (Å²) in [5.41, 5.74) is 7.42. The maximum absolute atomic E-state index is 12.2. The third-order valence-corrected chi connectivity index (χ3v) is 5.88. The van der Waals surface area contributed by atoms with E-state index < -0.39 is 0 Å². The van der Waals surface area contributed by atoms with E-state index in [9.17, 15) is 9.59 Å². The summed E-state index contributed by atoms with van der Waals surface area (Å²) in [5.74, 6) is -0.604. The fraction of sp³-hybridized carbons (Fsp3) is 0.188. The molecule has 0 unspecified atom stereocenters. The normalized spacial score (nSPS) is 10.6. The highest BCUT2D eigenvalue weighted by Gasteiger charge is 2.14. The minimum atomic E-state index is -0.302. The lowest BCUT2D eigenvalue weighted by Crippen LogP contribution is -2.05. The largest absolute Gasteiger partial charge is 0.462 e. The first kappa shape index (κ1) is 24.9. The van der Waals surface area contributed by atoms with Crippen LogP contribution in [0.15, 0.2) is 97.1 Å². The van der Waals surface area contributed by atoms with Crippen LogP contribution < -0.4 is 0 Å². The second-order valence-corrected chi connectivity index (χ2v) is 8.52. The van der Waals surface area contributed by atoms with Crippen LogP contribution in [-0.2, 0) is 9.47 Å². The number of benzene rings is 4. The second-order valence-electron chi connectivity index (χ2n) is 8.52. The molecule has 0 aliphatic carbocycles. The molecule has 0 amide bonds. The van der Waals surface area contributed by atoms with Gasteiger partial charge in [0.2, 0.25) is 0 Å². The van der Waals surface area contributed by atoms with E-state index in [0.29, 0.717) is 24.3 Å². The number of carbonyl (C=O) groups is 2. The van der Waals surface area contributed by atoms with Crippen molar-refractivity contribution in [1.29, 1.82) is 0 Å². The molecule has 0 N–H and O–H groups in total. The third-order valence-electron chi connectivity index (χ3n) is 5.88. The van der Waals surface area contributed by atoms with E-state index in [2.05, 4.69) is 24.3 Å². The highest BCUT2D eigenvalue weighted by atomic mass is 16.5. The Morgan fingerprint density at radius 3 is 1.17 bits per heavy atom. The first-order valence-electron chi connectivity index (χ1n) is 12.4. The van der Waals surface area contributed by atoms with E-state index in [1.165, 1.54) is 0 Å². The molecule has 0 saturated heterocycles. The summed E-state index contributed by atoms with van der Waals surface area (Å²) in [6.07, 6.45) is 1.59. The van der Waals surface area contributed by atoms with Gasteiger partial charge in [-0.1, -0.05) is 86.6 Å². The molecule has 4 aromatic carbocycles. The minimum absolute atomic E-state index is 0.302. The fourth-order valence-corrected chi connectivity index (χ4v) is 4.07. The summed E-state index contributed by atoms with van der Waals surface area (Å²) in [7, 11) is 0. The highest BCUT2D eigenvalue weighted by molar-refractivity contribution is 5.94. The average Bonchev–Trinajstić information content (AvgIpc) is 2.95. The lowest BCUT2D eigenvalue weighted by atomic mass is 9.89. The van der Waals surface area contributed by atoms with Gasteiger partial charge in [0, 0.05) is 0 Å². The molecule has 0 spiro atoms. The maximum atomic E-state index is 12.2. The summed E-state index contributed by atoms with van der Waals surface area (Å²) in [5, 5.41) is 0. The van der Waals surface area contributed by atoms with Gasteiger partial charge in [0.05, 0.1) is 24.3 Å². The van der Waals surface area contributed by atoms with E-state index in [0.717, 1.165) is 46.2 Å². The maximum Gasteiger partial charge on any atom is 0.338 e. The van der Waals surface area contributed by atoms with Crippen LogP contribution in [0.5, 0.6) is 0 Å². The number of ether oxygens (including phenoxy) is 2. The molecule has 182 valence electrons. The number of esters is 2. The Labute approximate surface area is 212 Å². The Hall–Kier alpha value is -4.18. The Kier molecular flexibility index (Phi) is 8.30. The van der Waals surface area contributed by atoms with Gasteiger partial charge in [-0.05, 0) is 70.5 Å². The molecule has 4 aromatic rings. The van der Waals surface area contributed by atoms with Crippen molar-refractivity contribution in [3.63, 3.8) is 0 Å². The lowest BCUT2D eigenvalue weighted by molar-refractivity contribution is 0.0496. The topological polar surface area (TPSA) is 52.6 Å². The summed E-state index contributed by atoms with van der Waals surface area (Å²) >= 11 is 0. The molecule has 4 nitrogen and oxygen atoms in total. The first-order valence-corrected chi connectivity index (χ1v) is 12.4. The van der Waals surface area contributed by atoms with E-state index >= 15 is 0 Å². The third kappa shape index (κ3) is 5.72. The Bertz CT molecular complexity index is 1220. The van der Waals surface area contributed by atoms with Crippen molar-refractivity contribution in [1.82, 2.24) is 0 Å². The molecule has 4 heteroatoms. The SMILES string of the molecule is CCCOC(=O)c1ccc(-c2ccccc2-c2ccccc2-c2ccc(C(=O)OCCC)cc2)cc1. The van der Waals surface area contributed by atoms with Crippen molar-refractivity contribution in [2.45, 2.75) is 26.7 Å². The van der Waals surface area contributed by atoms with Crippen LogP contribution in [0, 0.1) is 0 Å². The molecule has 0 aliphatic heterocycles. The Morgan fingerprint density at radius 1 is 0.500 bits per heavy atom. The van der Waals surface area contributed by atoms with Crippen molar-refractivity contribution >= 4 is 11.9 Å². The standard InChI is InChI=1S/C32H30O4/c1-3-21-35-31(33)25-17-13-23(14-18-25)27-9-5-7-11-29(27)30-12-8-6-10-28(30)24-15-19-26(20-16-24)32(34)36-22-4-2/h5-20H,3-4,21-22H2,1-2H3. The zero-order valence-corrected chi connectivity index (χ0v) is 20.7. The van der Waals surface area contributed by atoms with Crippen molar-refractivity contribution in [2.24, 2.45) is 0 Å². The highest BCUT2D eigenvalue weighted by Crippen LogP contribution is 2.38. The molecule has 0 bridgehead atoms. The summed E-state index contributed by atoms with van der Waals surface area (Å²) < 4.78 is 10.5. The molecule has 0 fully saturated rings. The van der Waals surface area contributed by atoms with Gasteiger partial charge >= 0.3 is 11.9 Å². The molecule has 0 aliphatic rings. The first-order chi connectivity index (χ1) is 17.6. The predicted octanol–water partition coefficient (Wildman–Crippen LogP) is 7.82. The monoisotopic (exact) mass is 478 g/mol. The van der Waals surface area contributed by atoms with Gasteiger partial charge in [0.1, 0.15) is 0 Å². The second kappa shape index (κ2) is 12.0. The van der Waals surface area contributed by atoms with Crippen LogP contribution in [0.4, 0.5) is 0 Å². The number of hydrogen-bond donors (Lipinski definition) is 0. The summed E-state index contributed by atoms with van der Waals surface area (Å²) in [6, 6.07) is 31.6.